The third-order valence-corrected chi connectivity index (χ3v) is 4.95. The zero-order valence-corrected chi connectivity index (χ0v) is 17.4. The number of nitrogens with one attached hydrogen (secondary N) is 1. The summed E-state index contributed by atoms with van der Waals surface area (Å²) >= 11 is 0. The lowest BCUT2D eigenvalue weighted by Gasteiger charge is -2.12. The molecular formula is C23H19FN8. The van der Waals surface area contributed by atoms with Gasteiger partial charge in [-0.25, -0.2) is 24.9 Å². The van der Waals surface area contributed by atoms with Crippen LogP contribution in [-0.4, -0.2) is 43.4 Å². The van der Waals surface area contributed by atoms with Gasteiger partial charge in [-0.05, 0) is 42.5 Å². The molecular weight excluding hydrogens is 407 g/mol. The van der Waals surface area contributed by atoms with Crippen LogP contribution < -0.4 is 10.2 Å². The number of hydrogen-bond acceptors (Lipinski definition) is 7. The fourth-order valence-electron chi connectivity index (χ4n) is 3.30. The number of halogens is 1. The molecule has 0 saturated heterocycles. The summed E-state index contributed by atoms with van der Waals surface area (Å²) in [6, 6.07) is 12.5. The maximum atomic E-state index is 13.2. The Hall–Kier alpha value is -4.40. The van der Waals surface area contributed by atoms with E-state index in [1.165, 1.54) is 12.3 Å². The molecule has 0 aliphatic heterocycles. The molecule has 158 valence electrons. The van der Waals surface area contributed by atoms with Crippen LogP contribution in [0.2, 0.25) is 0 Å². The summed E-state index contributed by atoms with van der Waals surface area (Å²) in [4.78, 5) is 23.5. The Morgan fingerprint density at radius 3 is 2.47 bits per heavy atom. The fraction of sp³-hybridized carbons (Fsp3) is 0.0870. The number of aromatic nitrogens is 6. The summed E-state index contributed by atoms with van der Waals surface area (Å²) in [6.45, 7) is 0. The molecule has 0 atom stereocenters. The van der Waals surface area contributed by atoms with Crippen molar-refractivity contribution in [3.8, 4) is 22.5 Å². The number of pyridine rings is 3. The van der Waals surface area contributed by atoms with Gasteiger partial charge in [0.05, 0.1) is 29.5 Å². The maximum Gasteiger partial charge on any atom is 0.227 e. The van der Waals surface area contributed by atoms with Crippen molar-refractivity contribution in [3.63, 3.8) is 0 Å². The van der Waals surface area contributed by atoms with Gasteiger partial charge in [0, 0.05) is 43.8 Å². The molecule has 0 saturated carbocycles. The van der Waals surface area contributed by atoms with Crippen LogP contribution in [0.25, 0.3) is 28.2 Å². The first kappa shape index (κ1) is 19.6. The Morgan fingerprint density at radius 1 is 0.844 bits per heavy atom. The molecule has 32 heavy (non-hydrogen) atoms. The van der Waals surface area contributed by atoms with E-state index in [0.717, 1.165) is 34.0 Å². The van der Waals surface area contributed by atoms with Crippen LogP contribution in [0, 0.1) is 5.95 Å². The molecule has 8 nitrogen and oxygen atoms in total. The average Bonchev–Trinajstić information content (AvgIpc) is 3.23. The highest BCUT2D eigenvalue weighted by molar-refractivity contribution is 5.68. The summed E-state index contributed by atoms with van der Waals surface area (Å²) in [5.41, 5.74) is 4.79. The highest BCUT2D eigenvalue weighted by Gasteiger charge is 2.11. The van der Waals surface area contributed by atoms with Crippen molar-refractivity contribution in [2.24, 2.45) is 0 Å². The van der Waals surface area contributed by atoms with Crippen LogP contribution in [-0.2, 0) is 0 Å². The third kappa shape index (κ3) is 3.83. The first-order valence-electron chi connectivity index (χ1n) is 9.90. The summed E-state index contributed by atoms with van der Waals surface area (Å²) in [6.07, 6.45) is 8.64. The number of anilines is 3. The SMILES string of the molecule is CN(C)c1ccc(Nc2nccc(-c3cnc4ccc(-c5ccc(F)nc5)cn34)n2)cn1. The minimum Gasteiger partial charge on any atom is -0.363 e. The second-order valence-electron chi connectivity index (χ2n) is 7.35. The summed E-state index contributed by atoms with van der Waals surface area (Å²) in [5.74, 6) is 0.810. The van der Waals surface area contributed by atoms with Gasteiger partial charge in [-0.1, -0.05) is 0 Å². The topological polar surface area (TPSA) is 84.1 Å². The van der Waals surface area contributed by atoms with Crippen LogP contribution in [0.15, 0.2) is 73.4 Å². The number of nitrogens with zero attached hydrogens (tertiary/aromatic N) is 7. The van der Waals surface area contributed by atoms with Crippen LogP contribution in [0.5, 0.6) is 0 Å². The molecule has 0 radical (unpaired) electrons. The lowest BCUT2D eigenvalue weighted by atomic mass is 10.1. The van der Waals surface area contributed by atoms with E-state index in [0.29, 0.717) is 11.6 Å². The van der Waals surface area contributed by atoms with E-state index in [-0.39, 0.29) is 0 Å². The second-order valence-corrected chi connectivity index (χ2v) is 7.35. The highest BCUT2D eigenvalue weighted by atomic mass is 19.1. The molecule has 0 unspecified atom stereocenters. The normalized spacial score (nSPS) is 11.0. The third-order valence-electron chi connectivity index (χ3n) is 4.95. The van der Waals surface area contributed by atoms with E-state index in [1.54, 1.807) is 24.7 Å². The fourth-order valence-corrected chi connectivity index (χ4v) is 3.30. The van der Waals surface area contributed by atoms with Gasteiger partial charge < -0.3 is 10.2 Å². The van der Waals surface area contributed by atoms with Gasteiger partial charge in [0.1, 0.15) is 11.5 Å². The van der Waals surface area contributed by atoms with Crippen molar-refractivity contribution < 1.29 is 4.39 Å². The van der Waals surface area contributed by atoms with E-state index in [1.807, 2.05) is 59.9 Å². The zero-order valence-electron chi connectivity index (χ0n) is 17.4. The second kappa shape index (κ2) is 8.03. The summed E-state index contributed by atoms with van der Waals surface area (Å²) in [7, 11) is 3.88. The summed E-state index contributed by atoms with van der Waals surface area (Å²) in [5, 5.41) is 3.19. The Morgan fingerprint density at radius 2 is 1.72 bits per heavy atom. The lowest BCUT2D eigenvalue weighted by Crippen LogP contribution is -2.10. The Bertz CT molecular complexity index is 1380. The van der Waals surface area contributed by atoms with E-state index in [4.69, 9.17) is 0 Å². The molecule has 5 aromatic rings. The van der Waals surface area contributed by atoms with Crippen LogP contribution >= 0.6 is 0 Å². The van der Waals surface area contributed by atoms with Crippen molar-refractivity contribution in [1.29, 1.82) is 0 Å². The molecule has 0 aromatic carbocycles. The summed E-state index contributed by atoms with van der Waals surface area (Å²) < 4.78 is 15.1. The molecule has 0 fully saturated rings. The van der Waals surface area contributed by atoms with Gasteiger partial charge in [0.25, 0.3) is 0 Å². The number of hydrogen-bond donors (Lipinski definition) is 1. The van der Waals surface area contributed by atoms with Gasteiger partial charge in [-0.15, -0.1) is 0 Å². The van der Waals surface area contributed by atoms with E-state index >= 15 is 0 Å². The van der Waals surface area contributed by atoms with Crippen LogP contribution in [0.1, 0.15) is 0 Å². The highest BCUT2D eigenvalue weighted by Crippen LogP contribution is 2.25. The van der Waals surface area contributed by atoms with Crippen LogP contribution in [0.4, 0.5) is 21.8 Å². The average molecular weight is 426 g/mol. The predicted molar refractivity (Wildman–Crippen MR) is 121 cm³/mol. The van der Waals surface area contributed by atoms with Gasteiger partial charge >= 0.3 is 0 Å². The van der Waals surface area contributed by atoms with Gasteiger partial charge in [-0.2, -0.15) is 4.39 Å². The van der Waals surface area contributed by atoms with Crippen molar-refractivity contribution in [2.45, 2.75) is 0 Å². The largest absolute Gasteiger partial charge is 0.363 e. The quantitative estimate of drug-likeness (QED) is 0.422. The Kier molecular flexibility index (Phi) is 4.91. The van der Waals surface area contributed by atoms with Gasteiger partial charge in [0.2, 0.25) is 11.9 Å². The molecule has 1 N–H and O–H groups in total. The van der Waals surface area contributed by atoms with E-state index in [9.17, 15) is 4.39 Å². The van der Waals surface area contributed by atoms with Crippen molar-refractivity contribution >= 4 is 23.1 Å². The maximum absolute atomic E-state index is 13.2. The van der Waals surface area contributed by atoms with Gasteiger partial charge in [-0.3, -0.25) is 4.40 Å². The monoisotopic (exact) mass is 426 g/mol. The number of rotatable bonds is 5. The first-order valence-corrected chi connectivity index (χ1v) is 9.90. The van der Waals surface area contributed by atoms with Crippen molar-refractivity contribution in [1.82, 2.24) is 29.3 Å². The first-order chi connectivity index (χ1) is 15.6. The van der Waals surface area contributed by atoms with Crippen LogP contribution in [0.3, 0.4) is 0 Å². The molecule has 0 aliphatic carbocycles. The number of imidazole rings is 1. The minimum atomic E-state index is -0.509. The zero-order chi connectivity index (χ0) is 22.1. The smallest absolute Gasteiger partial charge is 0.227 e. The molecule has 5 aromatic heterocycles. The number of fused-ring (bicyclic) bond motifs is 1. The molecule has 0 bridgehead atoms. The Labute approximate surface area is 183 Å². The molecule has 5 heterocycles. The minimum absolute atomic E-state index is 0.454. The molecule has 9 heteroatoms. The predicted octanol–water partition coefficient (Wildman–Crippen LogP) is 4.20. The molecule has 0 spiro atoms. The molecule has 5 rings (SSSR count). The molecule has 0 aliphatic rings. The van der Waals surface area contributed by atoms with Gasteiger partial charge in [0.15, 0.2) is 0 Å². The van der Waals surface area contributed by atoms with Crippen molar-refractivity contribution in [3.05, 3.63) is 79.4 Å². The van der Waals surface area contributed by atoms with E-state index < -0.39 is 5.95 Å². The molecule has 0 amide bonds. The van der Waals surface area contributed by atoms with Crippen molar-refractivity contribution in [2.75, 3.05) is 24.3 Å². The standard InChI is InChI=1S/C23H19FN8/c1-31(2)21-8-5-17(12-27-21)29-23-25-10-9-18(30-23)19-13-28-22-7-4-16(14-32(19)22)15-3-6-20(24)26-11-15/h3-14H,1-2H3,(H,25,29,30). The van der Waals surface area contributed by atoms with E-state index in [2.05, 4.69) is 30.2 Å². The lowest BCUT2D eigenvalue weighted by molar-refractivity contribution is 0.584. The Balaban J connectivity index is 1.47.